The Hall–Kier alpha value is -8.64. The van der Waals surface area contributed by atoms with Gasteiger partial charge < -0.3 is 60.0 Å². The van der Waals surface area contributed by atoms with Crippen LogP contribution in [0, 0.1) is 18.7 Å². The number of benzene rings is 3. The second kappa shape index (κ2) is 32.1. The zero-order valence-electron chi connectivity index (χ0n) is 47.0. The van der Waals surface area contributed by atoms with Crippen molar-refractivity contribution in [2.24, 2.45) is 5.92 Å². The Labute approximate surface area is 480 Å². The molecule has 6 N–H and O–H groups in total. The van der Waals surface area contributed by atoms with E-state index in [-0.39, 0.29) is 75.5 Å². The topological polar surface area (TPSA) is 276 Å². The smallest absolute Gasteiger partial charge is 0.407 e. The standard InChI is InChI=1S/C60H71FN10O12/c1-39(2)55(70-52(72)21-25-78-27-29-80-31-32-81-30-28-79-26-23-71-53(73)19-20-54(71)74)59(76)66-41(4)58(75)67-46-16-13-42(14-17-46)38-83-60(77)62-22-5-6-24-82-48-34-44-33-43(15-18-49(44)64-36-48)56-57(50-12-7-9-40(3)65-50)69-51(68-56)37-63-47-11-8-10-45(61)35-47/h7-20,33-36,39,41,55,63H,5-6,21-32,37-38H2,1-4H3,(H,62,77)(H,66,76)(H,67,75)(H,68,69)(H,70,72)/t41-,55-/m0/s1. The molecule has 83 heavy (non-hydrogen) atoms. The molecule has 1 aliphatic heterocycles. The summed E-state index contributed by atoms with van der Waals surface area (Å²) in [7, 11) is 0. The van der Waals surface area contributed by atoms with E-state index in [9.17, 15) is 33.2 Å². The van der Waals surface area contributed by atoms with Crippen LogP contribution in [0.5, 0.6) is 5.75 Å². The molecule has 0 radical (unpaired) electrons. The minimum atomic E-state index is -0.930. The van der Waals surface area contributed by atoms with Crippen LogP contribution in [-0.2, 0) is 60.8 Å². The molecule has 0 unspecified atom stereocenters. The molecule has 0 saturated carbocycles. The fourth-order valence-corrected chi connectivity index (χ4v) is 8.33. The third-order valence-corrected chi connectivity index (χ3v) is 12.8. The van der Waals surface area contributed by atoms with Crippen molar-refractivity contribution in [3.63, 3.8) is 0 Å². The summed E-state index contributed by atoms with van der Waals surface area (Å²) in [5.74, 6) is -1.41. The zero-order valence-corrected chi connectivity index (χ0v) is 47.0. The van der Waals surface area contributed by atoms with Crippen molar-refractivity contribution in [2.45, 2.75) is 72.2 Å². The number of imide groups is 1. The van der Waals surface area contributed by atoms with Gasteiger partial charge in [-0.25, -0.2) is 14.2 Å². The Balaban J connectivity index is 0.734. The maximum atomic E-state index is 13.8. The zero-order chi connectivity index (χ0) is 58.9. The van der Waals surface area contributed by atoms with Crippen molar-refractivity contribution >= 4 is 57.9 Å². The number of aryl methyl sites for hydroxylation is 1. The fraction of sp³-hybridized carbons (Fsp3) is 0.383. The van der Waals surface area contributed by atoms with Gasteiger partial charge in [0.05, 0.1) is 101 Å². The van der Waals surface area contributed by atoms with Gasteiger partial charge in [0.15, 0.2) is 0 Å². The molecule has 23 heteroatoms. The summed E-state index contributed by atoms with van der Waals surface area (Å²) in [6.07, 6.45) is 4.86. The van der Waals surface area contributed by atoms with Gasteiger partial charge in [-0.15, -0.1) is 0 Å². The van der Waals surface area contributed by atoms with E-state index in [1.807, 2.05) is 49.4 Å². The van der Waals surface area contributed by atoms with E-state index >= 15 is 0 Å². The van der Waals surface area contributed by atoms with Crippen LogP contribution in [0.3, 0.4) is 0 Å². The van der Waals surface area contributed by atoms with Gasteiger partial charge in [0, 0.05) is 53.1 Å². The van der Waals surface area contributed by atoms with E-state index in [1.54, 1.807) is 63.4 Å². The van der Waals surface area contributed by atoms with Crippen molar-refractivity contribution in [1.82, 2.24) is 40.8 Å². The Morgan fingerprint density at radius 3 is 2.14 bits per heavy atom. The number of ether oxygens (including phenoxy) is 6. The highest BCUT2D eigenvalue weighted by Gasteiger charge is 2.27. The lowest BCUT2D eigenvalue weighted by Crippen LogP contribution is -2.53. The second-order valence-electron chi connectivity index (χ2n) is 19.6. The maximum absolute atomic E-state index is 13.8. The Morgan fingerprint density at radius 2 is 1.43 bits per heavy atom. The largest absolute Gasteiger partial charge is 0.492 e. The Morgan fingerprint density at radius 1 is 0.723 bits per heavy atom. The number of nitrogens with zero attached hydrogens (tertiary/aromatic N) is 4. The van der Waals surface area contributed by atoms with Gasteiger partial charge >= 0.3 is 6.09 Å². The molecular formula is C60H71FN10O12. The highest BCUT2D eigenvalue weighted by molar-refractivity contribution is 6.12. The molecule has 6 amide bonds. The molecule has 440 valence electrons. The fourth-order valence-electron chi connectivity index (χ4n) is 8.33. The van der Waals surface area contributed by atoms with E-state index in [2.05, 4.69) is 36.6 Å². The third-order valence-electron chi connectivity index (χ3n) is 12.8. The lowest BCUT2D eigenvalue weighted by molar-refractivity contribution is -0.137. The number of H-pyrrole nitrogens is 1. The highest BCUT2D eigenvalue weighted by atomic mass is 19.1. The van der Waals surface area contributed by atoms with Crippen LogP contribution in [-0.4, -0.2) is 145 Å². The normalized spacial score (nSPS) is 12.8. The third kappa shape index (κ3) is 20.1. The number of aromatic nitrogens is 4. The van der Waals surface area contributed by atoms with Gasteiger partial charge in [0.25, 0.3) is 11.8 Å². The monoisotopic (exact) mass is 1140 g/mol. The molecule has 4 heterocycles. The van der Waals surface area contributed by atoms with E-state index in [0.717, 1.165) is 38.4 Å². The number of fused-ring (bicyclic) bond motifs is 1. The highest BCUT2D eigenvalue weighted by Crippen LogP contribution is 2.32. The molecule has 7 rings (SSSR count). The number of hydrogen-bond acceptors (Lipinski definition) is 16. The van der Waals surface area contributed by atoms with Gasteiger partial charge in [0.2, 0.25) is 17.7 Å². The summed E-state index contributed by atoms with van der Waals surface area (Å²) in [5.41, 5.74) is 6.50. The van der Waals surface area contributed by atoms with Crippen LogP contribution in [0.4, 0.5) is 20.6 Å². The minimum Gasteiger partial charge on any atom is -0.492 e. The summed E-state index contributed by atoms with van der Waals surface area (Å²) in [5, 5.41) is 15.0. The predicted molar refractivity (Wildman–Crippen MR) is 307 cm³/mol. The van der Waals surface area contributed by atoms with E-state index < -0.39 is 30.0 Å². The van der Waals surface area contributed by atoms with Gasteiger partial charge in [-0.1, -0.05) is 44.2 Å². The number of aromatic amines is 1. The number of amides is 6. The lowest BCUT2D eigenvalue weighted by atomic mass is 10.0. The molecule has 0 saturated heterocycles. The van der Waals surface area contributed by atoms with Crippen molar-refractivity contribution < 1.29 is 61.6 Å². The first-order valence-electron chi connectivity index (χ1n) is 27.5. The number of rotatable bonds is 34. The molecule has 3 aromatic carbocycles. The van der Waals surface area contributed by atoms with Crippen molar-refractivity contribution in [1.29, 1.82) is 0 Å². The molecule has 22 nitrogen and oxygen atoms in total. The number of anilines is 2. The second-order valence-corrected chi connectivity index (χ2v) is 19.6. The van der Waals surface area contributed by atoms with E-state index in [4.69, 9.17) is 38.4 Å². The number of halogens is 1. The first-order valence-corrected chi connectivity index (χ1v) is 27.5. The summed E-state index contributed by atoms with van der Waals surface area (Å²) >= 11 is 0. The van der Waals surface area contributed by atoms with Crippen LogP contribution in [0.2, 0.25) is 0 Å². The first-order chi connectivity index (χ1) is 40.2. The number of carbonyl (C=O) groups is 6. The minimum absolute atomic E-state index is 0.000495. The molecule has 0 spiro atoms. The average molecular weight is 1140 g/mol. The van der Waals surface area contributed by atoms with Gasteiger partial charge in [-0.3, -0.25) is 38.8 Å². The molecule has 2 atom stereocenters. The van der Waals surface area contributed by atoms with Gasteiger partial charge in [0.1, 0.15) is 36.1 Å². The van der Waals surface area contributed by atoms with E-state index in [0.29, 0.717) is 93.2 Å². The van der Waals surface area contributed by atoms with Gasteiger partial charge in [-0.2, -0.15) is 0 Å². The molecule has 1 aliphatic rings. The SMILES string of the molecule is Cc1cccc(-c2[nH]c(CNc3cccc(F)c3)nc2-c2ccc3ncc(OCCCCNC(=O)OCc4ccc(NC(=O)[C@H](C)NC(=O)[C@@H](NC(=O)CCOCCOCCOCCOCCN5C(=O)C=CC5=O)C(C)C)cc4)cc3c2)n1. The lowest BCUT2D eigenvalue weighted by Gasteiger charge is -2.24. The number of pyridine rings is 2. The molecule has 0 aliphatic carbocycles. The van der Waals surface area contributed by atoms with Crippen molar-refractivity contribution in [3.05, 3.63) is 132 Å². The molecule has 3 aromatic heterocycles. The predicted octanol–water partition coefficient (Wildman–Crippen LogP) is 6.80. The number of alkyl carbamates (subject to hydrolysis) is 1. The quantitative estimate of drug-likeness (QED) is 0.0179. The number of nitrogens with one attached hydrogen (secondary N) is 6. The van der Waals surface area contributed by atoms with Crippen molar-refractivity contribution in [3.8, 4) is 28.4 Å². The van der Waals surface area contributed by atoms with Crippen LogP contribution in [0.15, 0.2) is 109 Å². The van der Waals surface area contributed by atoms with Gasteiger partial charge in [-0.05, 0) is 98.8 Å². The average Bonchev–Trinajstić information content (AvgIpc) is 4.24. The molecule has 6 aromatic rings. The van der Waals surface area contributed by atoms with Crippen LogP contribution in [0.1, 0.15) is 57.1 Å². The number of carbonyl (C=O) groups excluding carboxylic acids is 6. The summed E-state index contributed by atoms with van der Waals surface area (Å²) in [6.45, 7) is 10.5. The van der Waals surface area contributed by atoms with Crippen molar-refractivity contribution in [2.75, 3.05) is 83.2 Å². The molecule has 0 fully saturated rings. The number of hydrogen-bond donors (Lipinski definition) is 6. The molecule has 0 bridgehead atoms. The molecular weight excluding hydrogens is 1070 g/mol. The Kier molecular flexibility index (Phi) is 24.0. The maximum Gasteiger partial charge on any atom is 0.407 e. The summed E-state index contributed by atoms with van der Waals surface area (Å²) in [4.78, 5) is 93.3. The number of unbranched alkanes of at least 4 members (excludes halogenated alkanes) is 1. The summed E-state index contributed by atoms with van der Waals surface area (Å²) in [6, 6.07) is 24.8. The first kappa shape index (κ1) is 62.0. The number of imidazole rings is 1. The van der Waals surface area contributed by atoms with Crippen LogP contribution < -0.4 is 31.3 Å². The van der Waals surface area contributed by atoms with Crippen LogP contribution in [0.25, 0.3) is 33.5 Å². The van der Waals surface area contributed by atoms with E-state index in [1.165, 1.54) is 24.3 Å². The Bertz CT molecular complexity index is 3160. The van der Waals surface area contributed by atoms with Crippen LogP contribution >= 0.6 is 0 Å². The summed E-state index contributed by atoms with van der Waals surface area (Å²) < 4.78 is 47.1.